The number of hydrogen-bond acceptors (Lipinski definition) is 4. The third-order valence-corrected chi connectivity index (χ3v) is 5.10. The number of aliphatic hydroxyl groups excluding tert-OH is 1. The fourth-order valence-electron chi connectivity index (χ4n) is 2.38. The maximum atomic E-state index is 10.5. The van der Waals surface area contributed by atoms with Crippen LogP contribution in [0.5, 0.6) is 11.5 Å². The van der Waals surface area contributed by atoms with Gasteiger partial charge < -0.3 is 14.6 Å². The Morgan fingerprint density at radius 2 is 2.14 bits per heavy atom. The normalized spacial score (nSPS) is 14.5. The summed E-state index contributed by atoms with van der Waals surface area (Å²) in [5.41, 5.74) is 2.64. The zero-order chi connectivity index (χ0) is 15.1. The highest BCUT2D eigenvalue weighted by molar-refractivity contribution is 9.10. The summed E-state index contributed by atoms with van der Waals surface area (Å²) in [7, 11) is 1.87. The van der Waals surface area contributed by atoms with E-state index in [0.29, 0.717) is 17.9 Å². The number of hydrogen-bond donors (Lipinski definition) is 1. The summed E-state index contributed by atoms with van der Waals surface area (Å²) in [5, 5.41) is 14.8. The van der Waals surface area contributed by atoms with Crippen LogP contribution >= 0.6 is 31.9 Å². The number of aryl methyl sites for hydroxylation is 2. The second kappa shape index (κ2) is 5.62. The number of rotatable bonds is 3. The number of aliphatic hydroxyl groups is 1. The second-order valence-corrected chi connectivity index (χ2v) is 6.57. The molecule has 1 N–H and O–H groups in total. The molecule has 1 aliphatic rings. The molecular formula is C14H14Br2N2O3. The zero-order valence-electron chi connectivity index (χ0n) is 11.6. The van der Waals surface area contributed by atoms with Crippen molar-refractivity contribution in [3.63, 3.8) is 0 Å². The zero-order valence-corrected chi connectivity index (χ0v) is 14.7. The molecule has 3 rings (SSSR count). The second-order valence-electron chi connectivity index (χ2n) is 4.93. The molecule has 1 aliphatic heterocycles. The van der Waals surface area contributed by atoms with Crippen LogP contribution in [-0.4, -0.2) is 21.7 Å². The summed E-state index contributed by atoms with van der Waals surface area (Å²) in [6.07, 6.45) is -0.189. The molecular weight excluding hydrogens is 404 g/mol. The topological polar surface area (TPSA) is 56.5 Å². The first kappa shape index (κ1) is 14.9. The Bertz CT molecular complexity index is 700. The molecule has 0 saturated heterocycles. The Kier molecular flexibility index (Phi) is 3.98. The van der Waals surface area contributed by atoms with Gasteiger partial charge in [0.15, 0.2) is 11.5 Å². The van der Waals surface area contributed by atoms with Gasteiger partial charge in [0.2, 0.25) is 6.79 Å². The molecule has 2 heterocycles. The van der Waals surface area contributed by atoms with Crippen LogP contribution in [0, 0.1) is 6.92 Å². The molecule has 0 aliphatic carbocycles. The Labute approximate surface area is 139 Å². The molecule has 2 aromatic rings. The van der Waals surface area contributed by atoms with E-state index in [1.807, 2.05) is 26.1 Å². The smallest absolute Gasteiger partial charge is 0.231 e. The van der Waals surface area contributed by atoms with E-state index in [9.17, 15) is 5.11 Å². The van der Waals surface area contributed by atoms with Gasteiger partial charge in [-0.05, 0) is 56.5 Å². The van der Waals surface area contributed by atoms with Crippen molar-refractivity contribution in [3.8, 4) is 11.5 Å². The maximum Gasteiger partial charge on any atom is 0.231 e. The first-order valence-corrected chi connectivity index (χ1v) is 8.01. The van der Waals surface area contributed by atoms with Gasteiger partial charge in [0.1, 0.15) is 0 Å². The predicted octanol–water partition coefficient (Wildman–Crippen LogP) is 3.26. The molecule has 1 aromatic heterocycles. The molecule has 1 unspecified atom stereocenters. The Morgan fingerprint density at radius 3 is 2.81 bits per heavy atom. The lowest BCUT2D eigenvalue weighted by Crippen LogP contribution is -2.07. The van der Waals surface area contributed by atoms with Gasteiger partial charge in [-0.3, -0.25) is 4.68 Å². The first-order valence-electron chi connectivity index (χ1n) is 6.42. The quantitative estimate of drug-likeness (QED) is 0.832. The maximum absolute atomic E-state index is 10.5. The molecule has 0 fully saturated rings. The number of halogens is 2. The van der Waals surface area contributed by atoms with Crippen molar-refractivity contribution in [1.29, 1.82) is 0 Å². The lowest BCUT2D eigenvalue weighted by atomic mass is 10.0. The van der Waals surface area contributed by atoms with Crippen molar-refractivity contribution in [1.82, 2.24) is 9.78 Å². The Morgan fingerprint density at radius 1 is 1.38 bits per heavy atom. The van der Waals surface area contributed by atoms with Crippen LogP contribution in [0.25, 0.3) is 0 Å². The molecule has 1 atom stereocenters. The summed E-state index contributed by atoms with van der Waals surface area (Å²) < 4.78 is 14.2. The van der Waals surface area contributed by atoms with E-state index in [2.05, 4.69) is 37.0 Å². The van der Waals surface area contributed by atoms with Crippen molar-refractivity contribution in [3.05, 3.63) is 38.0 Å². The van der Waals surface area contributed by atoms with Crippen LogP contribution in [0.1, 0.15) is 23.1 Å². The van der Waals surface area contributed by atoms with Gasteiger partial charge >= 0.3 is 0 Å². The lowest BCUT2D eigenvalue weighted by Gasteiger charge is -2.13. The van der Waals surface area contributed by atoms with Crippen molar-refractivity contribution >= 4 is 31.9 Å². The van der Waals surface area contributed by atoms with Crippen molar-refractivity contribution in [2.75, 3.05) is 6.79 Å². The van der Waals surface area contributed by atoms with E-state index in [1.165, 1.54) is 0 Å². The van der Waals surface area contributed by atoms with E-state index in [0.717, 1.165) is 25.9 Å². The van der Waals surface area contributed by atoms with Gasteiger partial charge in [0.05, 0.1) is 26.4 Å². The minimum atomic E-state index is -0.651. The highest BCUT2D eigenvalue weighted by atomic mass is 79.9. The van der Waals surface area contributed by atoms with E-state index >= 15 is 0 Å². The molecule has 0 amide bonds. The van der Waals surface area contributed by atoms with Gasteiger partial charge in [-0.2, -0.15) is 5.10 Å². The lowest BCUT2D eigenvalue weighted by molar-refractivity contribution is 0.170. The largest absolute Gasteiger partial charge is 0.454 e. The molecule has 0 saturated carbocycles. The van der Waals surface area contributed by atoms with Crippen molar-refractivity contribution in [2.24, 2.45) is 7.05 Å². The Balaban J connectivity index is 1.89. The van der Waals surface area contributed by atoms with Gasteiger partial charge in [-0.15, -0.1) is 0 Å². The fourth-order valence-corrected chi connectivity index (χ4v) is 3.45. The highest BCUT2D eigenvalue weighted by Crippen LogP contribution is 2.41. The molecule has 21 heavy (non-hydrogen) atoms. The van der Waals surface area contributed by atoms with Gasteiger partial charge in [-0.25, -0.2) is 0 Å². The molecule has 5 nitrogen and oxygen atoms in total. The van der Waals surface area contributed by atoms with Crippen molar-refractivity contribution < 1.29 is 14.6 Å². The minimum Gasteiger partial charge on any atom is -0.454 e. The predicted molar refractivity (Wildman–Crippen MR) is 84.6 cm³/mol. The van der Waals surface area contributed by atoms with E-state index in [1.54, 1.807) is 4.68 Å². The molecule has 112 valence electrons. The minimum absolute atomic E-state index is 0.208. The average Bonchev–Trinajstić information content (AvgIpc) is 2.99. The molecule has 1 aromatic carbocycles. The van der Waals surface area contributed by atoms with Crippen LogP contribution in [0.15, 0.2) is 21.1 Å². The summed E-state index contributed by atoms with van der Waals surface area (Å²) in [6.45, 7) is 2.14. The van der Waals surface area contributed by atoms with Crippen LogP contribution in [0.2, 0.25) is 0 Å². The van der Waals surface area contributed by atoms with E-state index in [-0.39, 0.29) is 6.79 Å². The third-order valence-electron chi connectivity index (χ3n) is 3.48. The van der Waals surface area contributed by atoms with Crippen molar-refractivity contribution in [2.45, 2.75) is 19.4 Å². The monoisotopic (exact) mass is 416 g/mol. The van der Waals surface area contributed by atoms with E-state index in [4.69, 9.17) is 9.47 Å². The number of fused-ring (bicyclic) bond motifs is 1. The molecule has 0 bridgehead atoms. The Hall–Kier alpha value is -1.05. The van der Waals surface area contributed by atoms with Gasteiger partial charge in [0.25, 0.3) is 0 Å². The van der Waals surface area contributed by atoms with Crippen LogP contribution in [0.4, 0.5) is 0 Å². The fraction of sp³-hybridized carbons (Fsp3) is 0.357. The molecule has 0 radical (unpaired) electrons. The first-order chi connectivity index (χ1) is 9.97. The summed E-state index contributed by atoms with van der Waals surface area (Å²) >= 11 is 6.96. The number of ether oxygens (including phenoxy) is 2. The summed E-state index contributed by atoms with van der Waals surface area (Å²) in [6, 6.07) is 3.67. The van der Waals surface area contributed by atoms with Crippen LogP contribution in [0.3, 0.4) is 0 Å². The SMILES string of the molecule is Cc1nn(C)c(CC(O)c2cc(Br)c3c(c2)OCO3)c1Br. The summed E-state index contributed by atoms with van der Waals surface area (Å²) in [4.78, 5) is 0. The summed E-state index contributed by atoms with van der Waals surface area (Å²) in [5.74, 6) is 1.34. The van der Waals surface area contributed by atoms with E-state index < -0.39 is 6.10 Å². The molecule has 7 heteroatoms. The third kappa shape index (κ3) is 2.69. The van der Waals surface area contributed by atoms with Gasteiger partial charge in [0, 0.05) is 13.5 Å². The van der Waals surface area contributed by atoms with Crippen LogP contribution in [-0.2, 0) is 13.5 Å². The highest BCUT2D eigenvalue weighted by Gasteiger charge is 2.22. The number of nitrogens with zero attached hydrogens (tertiary/aromatic N) is 2. The standard InChI is InChI=1S/C14H14Br2N2O3/c1-7-13(16)10(18(2)17-7)5-11(19)8-3-9(15)14-12(4-8)20-6-21-14/h3-4,11,19H,5-6H2,1-2H3. The van der Waals surface area contributed by atoms with Gasteiger partial charge in [-0.1, -0.05) is 0 Å². The van der Waals surface area contributed by atoms with Crippen LogP contribution < -0.4 is 9.47 Å². The average molecular weight is 418 g/mol. The number of aromatic nitrogens is 2. The molecule has 0 spiro atoms. The number of benzene rings is 1.